The van der Waals surface area contributed by atoms with Gasteiger partial charge in [-0.05, 0) is 126 Å². The van der Waals surface area contributed by atoms with Crippen molar-refractivity contribution in [1.29, 1.82) is 0 Å². The molecule has 316 valence electrons. The summed E-state index contributed by atoms with van der Waals surface area (Å²) in [5.41, 5.74) is 18.8. The number of thiophene rings is 1. The SMILES string of the molecule is Cc1ccccc1N(c1ccccc1C)c1cc2c(c3ccccc13)-c1c(cc(N(c3ccccc3C)c3ccccc3C)c3c1sc1ccccc13)C2(c1ccccc1)c1ccccc1. The lowest BCUT2D eigenvalue weighted by Crippen LogP contribution is -2.29. The van der Waals surface area contributed by atoms with E-state index in [1.54, 1.807) is 0 Å². The monoisotopic (exact) mass is 864 g/mol. The molecule has 11 aromatic rings. The maximum absolute atomic E-state index is 2.59. The number of hydrogen-bond acceptors (Lipinski definition) is 3. The topological polar surface area (TPSA) is 6.48 Å². The van der Waals surface area contributed by atoms with E-state index in [0.717, 1.165) is 5.69 Å². The van der Waals surface area contributed by atoms with E-state index in [4.69, 9.17) is 0 Å². The van der Waals surface area contributed by atoms with Crippen molar-refractivity contribution >= 4 is 76.4 Å². The number of benzene rings is 10. The minimum atomic E-state index is -0.711. The zero-order valence-corrected chi connectivity index (χ0v) is 38.4. The molecule has 3 heteroatoms. The molecule has 2 nitrogen and oxygen atoms in total. The van der Waals surface area contributed by atoms with E-state index in [1.165, 1.54) is 115 Å². The van der Waals surface area contributed by atoms with Crippen LogP contribution in [0.2, 0.25) is 0 Å². The molecule has 0 atom stereocenters. The smallest absolute Gasteiger partial charge is 0.0715 e. The lowest BCUT2D eigenvalue weighted by atomic mass is 9.67. The van der Waals surface area contributed by atoms with Gasteiger partial charge < -0.3 is 9.80 Å². The minimum Gasteiger partial charge on any atom is -0.309 e. The molecule has 1 heterocycles. The third kappa shape index (κ3) is 5.93. The highest BCUT2D eigenvalue weighted by atomic mass is 32.1. The van der Waals surface area contributed by atoms with Gasteiger partial charge in [-0.2, -0.15) is 0 Å². The molecule has 0 fully saturated rings. The number of aryl methyl sites for hydroxylation is 4. The molecule has 1 aromatic heterocycles. The molecule has 0 saturated carbocycles. The molecule has 0 radical (unpaired) electrons. The summed E-state index contributed by atoms with van der Waals surface area (Å²) in [6, 6.07) is 81.4. The van der Waals surface area contributed by atoms with Gasteiger partial charge in [-0.3, -0.25) is 0 Å². The zero-order chi connectivity index (χ0) is 44.5. The Morgan fingerprint density at radius 2 is 0.712 bits per heavy atom. The van der Waals surface area contributed by atoms with Gasteiger partial charge in [0.1, 0.15) is 0 Å². The molecule has 12 rings (SSSR count). The van der Waals surface area contributed by atoms with E-state index < -0.39 is 5.41 Å². The van der Waals surface area contributed by atoms with Gasteiger partial charge in [0, 0.05) is 53.9 Å². The van der Waals surface area contributed by atoms with Crippen molar-refractivity contribution in [3.63, 3.8) is 0 Å². The molecule has 0 unspecified atom stereocenters. The average molecular weight is 865 g/mol. The van der Waals surface area contributed by atoms with Crippen LogP contribution in [0.25, 0.3) is 42.1 Å². The van der Waals surface area contributed by atoms with E-state index in [1.807, 2.05) is 11.3 Å². The maximum atomic E-state index is 2.59. The van der Waals surface area contributed by atoms with Gasteiger partial charge in [0.05, 0.1) is 16.8 Å². The molecule has 0 N–H and O–H groups in total. The third-order valence-electron chi connectivity index (χ3n) is 14.0. The van der Waals surface area contributed by atoms with Crippen molar-refractivity contribution in [2.45, 2.75) is 33.1 Å². The Balaban J connectivity index is 1.32. The normalized spacial score (nSPS) is 12.7. The Morgan fingerprint density at radius 3 is 1.21 bits per heavy atom. The van der Waals surface area contributed by atoms with Crippen LogP contribution in [0, 0.1) is 27.7 Å². The van der Waals surface area contributed by atoms with Crippen LogP contribution in [-0.2, 0) is 5.41 Å². The highest BCUT2D eigenvalue weighted by Crippen LogP contribution is 2.64. The number of fused-ring (bicyclic) bond motifs is 9. The summed E-state index contributed by atoms with van der Waals surface area (Å²) in [6.07, 6.45) is 0. The first-order valence-electron chi connectivity index (χ1n) is 22.9. The minimum absolute atomic E-state index is 0.711. The van der Waals surface area contributed by atoms with Crippen molar-refractivity contribution in [3.05, 3.63) is 263 Å². The lowest BCUT2D eigenvalue weighted by Gasteiger charge is -2.36. The highest BCUT2D eigenvalue weighted by Gasteiger charge is 2.49. The highest BCUT2D eigenvalue weighted by molar-refractivity contribution is 7.26. The first-order chi connectivity index (χ1) is 32.4. The molecule has 0 spiro atoms. The number of para-hydroxylation sites is 4. The van der Waals surface area contributed by atoms with Crippen LogP contribution in [0.4, 0.5) is 34.1 Å². The van der Waals surface area contributed by atoms with Gasteiger partial charge in [-0.25, -0.2) is 0 Å². The van der Waals surface area contributed by atoms with Gasteiger partial charge in [-0.1, -0.05) is 176 Å². The molecule has 0 amide bonds. The molecule has 1 aliphatic rings. The van der Waals surface area contributed by atoms with Gasteiger partial charge in [0.2, 0.25) is 0 Å². The molecule has 0 bridgehead atoms. The maximum Gasteiger partial charge on any atom is 0.0715 e. The Bertz CT molecular complexity index is 3530. The summed E-state index contributed by atoms with van der Waals surface area (Å²) in [6.45, 7) is 8.96. The molecule has 66 heavy (non-hydrogen) atoms. The standard InChI is InChI=1S/C63H48N2S/c1-41-23-11-18-34-52(41)64(53-35-19-12-24-42(53)2)56-39-50-59(48-32-16-15-31-47(48)56)61-51(63(50,45-27-7-5-8-28-45)46-29-9-6-10-30-46)40-57(60-49-33-17-22-38-58(49)66-62(60)61)65(54-36-20-13-25-43(54)3)55-37-21-14-26-44(55)4/h5-40H,1-4H3. The second-order valence-corrected chi connectivity index (χ2v) is 18.8. The molecule has 0 saturated heterocycles. The molecule has 10 aromatic carbocycles. The lowest BCUT2D eigenvalue weighted by molar-refractivity contribution is 0.769. The first kappa shape index (κ1) is 39.8. The Morgan fingerprint density at radius 1 is 0.333 bits per heavy atom. The summed E-state index contributed by atoms with van der Waals surface area (Å²) >= 11 is 1.93. The quantitative estimate of drug-likeness (QED) is 0.150. The molecule has 0 aliphatic heterocycles. The van der Waals surface area contributed by atoms with E-state index in [0.29, 0.717) is 0 Å². The fourth-order valence-electron chi connectivity index (χ4n) is 11.1. The fraction of sp³-hybridized carbons (Fsp3) is 0.0794. The Hall–Kier alpha value is -7.72. The van der Waals surface area contributed by atoms with Crippen molar-refractivity contribution in [2.75, 3.05) is 9.80 Å². The Kier molecular flexibility index (Phi) is 9.52. The van der Waals surface area contributed by atoms with Crippen LogP contribution in [0.15, 0.2) is 218 Å². The number of rotatable bonds is 8. The summed E-state index contributed by atoms with van der Waals surface area (Å²) in [7, 11) is 0. The van der Waals surface area contributed by atoms with Crippen LogP contribution in [-0.4, -0.2) is 0 Å². The predicted molar refractivity (Wildman–Crippen MR) is 282 cm³/mol. The number of nitrogens with zero attached hydrogens (tertiary/aromatic N) is 2. The summed E-state index contributed by atoms with van der Waals surface area (Å²) < 4.78 is 2.58. The zero-order valence-electron chi connectivity index (χ0n) is 37.6. The largest absolute Gasteiger partial charge is 0.309 e. The molecular formula is C63H48N2S. The third-order valence-corrected chi connectivity index (χ3v) is 15.2. The van der Waals surface area contributed by atoms with E-state index >= 15 is 0 Å². The van der Waals surface area contributed by atoms with Crippen molar-refractivity contribution in [1.82, 2.24) is 0 Å². The molecule has 1 aliphatic carbocycles. The van der Waals surface area contributed by atoms with Crippen LogP contribution in [0.5, 0.6) is 0 Å². The average Bonchev–Trinajstić information content (AvgIpc) is 3.89. The van der Waals surface area contributed by atoms with Crippen molar-refractivity contribution < 1.29 is 0 Å². The fourth-order valence-corrected chi connectivity index (χ4v) is 12.3. The molecular weight excluding hydrogens is 817 g/mol. The van der Waals surface area contributed by atoms with Crippen LogP contribution >= 0.6 is 11.3 Å². The van der Waals surface area contributed by atoms with E-state index in [9.17, 15) is 0 Å². The van der Waals surface area contributed by atoms with Gasteiger partial charge in [0.15, 0.2) is 0 Å². The second kappa shape index (κ2) is 15.8. The number of hydrogen-bond donors (Lipinski definition) is 0. The van der Waals surface area contributed by atoms with Crippen molar-refractivity contribution in [2.24, 2.45) is 0 Å². The van der Waals surface area contributed by atoms with Crippen LogP contribution in [0.1, 0.15) is 44.5 Å². The van der Waals surface area contributed by atoms with Crippen LogP contribution in [0.3, 0.4) is 0 Å². The first-order valence-corrected chi connectivity index (χ1v) is 23.8. The summed E-state index contributed by atoms with van der Waals surface area (Å²) in [5.74, 6) is 0. The van der Waals surface area contributed by atoms with E-state index in [2.05, 4.69) is 256 Å². The van der Waals surface area contributed by atoms with E-state index in [-0.39, 0.29) is 0 Å². The van der Waals surface area contributed by atoms with Gasteiger partial charge in [-0.15, -0.1) is 11.3 Å². The second-order valence-electron chi connectivity index (χ2n) is 17.8. The van der Waals surface area contributed by atoms with Gasteiger partial charge >= 0.3 is 0 Å². The summed E-state index contributed by atoms with van der Waals surface area (Å²) in [5, 5.41) is 5.00. The summed E-state index contributed by atoms with van der Waals surface area (Å²) in [4.78, 5) is 5.08. The number of anilines is 6. The van der Waals surface area contributed by atoms with Gasteiger partial charge in [0.25, 0.3) is 0 Å². The predicted octanol–water partition coefficient (Wildman–Crippen LogP) is 17.7. The van der Waals surface area contributed by atoms with Crippen LogP contribution < -0.4 is 9.80 Å². The Labute approximate surface area is 391 Å². The van der Waals surface area contributed by atoms with Crippen molar-refractivity contribution in [3.8, 4) is 11.1 Å².